The van der Waals surface area contributed by atoms with E-state index < -0.39 is 17.7 Å². The van der Waals surface area contributed by atoms with Crippen LogP contribution in [0.3, 0.4) is 0 Å². The maximum absolute atomic E-state index is 13.5. The Kier molecular flexibility index (Phi) is 5.43. The number of benzene rings is 1. The zero-order chi connectivity index (χ0) is 23.9. The molecule has 0 N–H and O–H groups in total. The van der Waals surface area contributed by atoms with Gasteiger partial charge in [-0.2, -0.15) is 18.3 Å². The van der Waals surface area contributed by atoms with Gasteiger partial charge < -0.3 is 9.30 Å². The van der Waals surface area contributed by atoms with E-state index in [1.807, 2.05) is 29.8 Å². The van der Waals surface area contributed by atoms with Crippen molar-refractivity contribution >= 4 is 12.2 Å². The largest absolute Gasteiger partial charge is 0.479 e. The Hall–Kier alpha value is -3.95. The quantitative estimate of drug-likeness (QED) is 0.418. The number of halogens is 3. The van der Waals surface area contributed by atoms with Crippen LogP contribution in [-0.2, 0) is 12.7 Å². The zero-order valence-electron chi connectivity index (χ0n) is 18.5. The van der Waals surface area contributed by atoms with Gasteiger partial charge in [0.1, 0.15) is 11.5 Å². The molecule has 0 saturated heterocycles. The SMILES string of the molecule is COc1nc(C=Cc2nc3n(n2)CC[C@H]3c2ccccc2C(F)(F)F)ccc1-n1cnc(C)c1. The number of pyridine rings is 1. The van der Waals surface area contributed by atoms with Crippen LogP contribution in [0.1, 0.15) is 46.5 Å². The van der Waals surface area contributed by atoms with E-state index in [9.17, 15) is 13.2 Å². The third kappa shape index (κ3) is 4.07. The number of ether oxygens (including phenoxy) is 1. The average molecular weight is 466 g/mol. The van der Waals surface area contributed by atoms with Crippen molar-refractivity contribution in [3.8, 4) is 11.6 Å². The lowest BCUT2D eigenvalue weighted by Gasteiger charge is -2.16. The lowest BCUT2D eigenvalue weighted by atomic mass is 9.92. The number of imidazole rings is 1. The summed E-state index contributed by atoms with van der Waals surface area (Å²) in [5, 5.41) is 4.45. The van der Waals surface area contributed by atoms with Crippen LogP contribution in [0.25, 0.3) is 17.8 Å². The van der Waals surface area contributed by atoms with Gasteiger partial charge in [-0.1, -0.05) is 18.2 Å². The fourth-order valence-electron chi connectivity index (χ4n) is 4.20. The zero-order valence-corrected chi connectivity index (χ0v) is 18.5. The van der Waals surface area contributed by atoms with E-state index in [1.165, 1.54) is 12.1 Å². The molecule has 34 heavy (non-hydrogen) atoms. The first-order valence-electron chi connectivity index (χ1n) is 10.7. The number of hydrogen-bond donors (Lipinski definition) is 0. The van der Waals surface area contributed by atoms with E-state index >= 15 is 0 Å². The average Bonchev–Trinajstić information content (AvgIpc) is 3.52. The van der Waals surface area contributed by atoms with E-state index in [4.69, 9.17) is 4.74 Å². The van der Waals surface area contributed by atoms with Gasteiger partial charge >= 0.3 is 6.18 Å². The molecule has 0 spiro atoms. The van der Waals surface area contributed by atoms with Crippen molar-refractivity contribution in [3.05, 3.63) is 83.1 Å². The molecule has 0 radical (unpaired) electrons. The molecule has 174 valence electrons. The summed E-state index contributed by atoms with van der Waals surface area (Å²) in [6.07, 6.45) is 3.11. The molecule has 1 aliphatic heterocycles. The van der Waals surface area contributed by atoms with Gasteiger partial charge in [-0.05, 0) is 49.3 Å². The van der Waals surface area contributed by atoms with Crippen molar-refractivity contribution in [2.45, 2.75) is 32.0 Å². The van der Waals surface area contributed by atoms with Crippen LogP contribution >= 0.6 is 0 Å². The molecule has 0 unspecified atom stereocenters. The Bertz CT molecular complexity index is 1370. The highest BCUT2D eigenvalue weighted by molar-refractivity contribution is 5.65. The second-order valence-corrected chi connectivity index (χ2v) is 8.00. The summed E-state index contributed by atoms with van der Waals surface area (Å²) in [6, 6.07) is 9.36. The standard InChI is InChI=1S/C24H21F3N6O/c1-15-13-32(14-28-15)20-9-7-16(29-23(20)34-2)8-10-21-30-22-18(11-12-33(22)31-21)17-5-3-4-6-19(17)24(25,26)27/h3-10,13-14,18H,11-12H2,1-2H3/t18-/m0/s1. The van der Waals surface area contributed by atoms with Crippen LogP contribution in [0.15, 0.2) is 48.9 Å². The van der Waals surface area contributed by atoms with Gasteiger partial charge in [0, 0.05) is 18.7 Å². The van der Waals surface area contributed by atoms with Gasteiger partial charge in [0.2, 0.25) is 5.88 Å². The minimum absolute atomic E-state index is 0.230. The highest BCUT2D eigenvalue weighted by Gasteiger charge is 2.38. The Morgan fingerprint density at radius 2 is 1.91 bits per heavy atom. The normalized spacial score (nSPS) is 15.7. The number of hydrogen-bond acceptors (Lipinski definition) is 5. The monoisotopic (exact) mass is 466 g/mol. The van der Waals surface area contributed by atoms with Gasteiger partial charge in [-0.25, -0.2) is 19.6 Å². The van der Waals surface area contributed by atoms with Crippen molar-refractivity contribution in [1.82, 2.24) is 29.3 Å². The molecule has 7 nitrogen and oxygen atoms in total. The molecule has 4 heterocycles. The molecule has 0 bridgehead atoms. The van der Waals surface area contributed by atoms with Crippen LogP contribution in [-0.4, -0.2) is 36.4 Å². The maximum atomic E-state index is 13.5. The number of rotatable bonds is 5. The Morgan fingerprint density at radius 1 is 1.09 bits per heavy atom. The first kappa shape index (κ1) is 21.9. The second-order valence-electron chi connectivity index (χ2n) is 8.00. The smallest absolute Gasteiger partial charge is 0.416 e. The van der Waals surface area contributed by atoms with Crippen molar-refractivity contribution < 1.29 is 17.9 Å². The molecule has 3 aromatic heterocycles. The molecule has 1 aromatic carbocycles. The van der Waals surface area contributed by atoms with E-state index in [2.05, 4.69) is 20.1 Å². The highest BCUT2D eigenvalue weighted by Crippen LogP contribution is 2.40. The van der Waals surface area contributed by atoms with E-state index in [1.54, 1.807) is 36.3 Å². The summed E-state index contributed by atoms with van der Waals surface area (Å²) in [5.74, 6) is 0.930. The van der Waals surface area contributed by atoms with Crippen LogP contribution < -0.4 is 4.74 Å². The third-order valence-corrected chi connectivity index (χ3v) is 5.75. The van der Waals surface area contributed by atoms with Gasteiger partial charge in [-0.15, -0.1) is 0 Å². The third-order valence-electron chi connectivity index (χ3n) is 5.75. The van der Waals surface area contributed by atoms with Gasteiger partial charge in [0.15, 0.2) is 5.82 Å². The predicted molar refractivity (Wildman–Crippen MR) is 120 cm³/mol. The topological polar surface area (TPSA) is 70.7 Å². The summed E-state index contributed by atoms with van der Waals surface area (Å²) in [7, 11) is 1.55. The summed E-state index contributed by atoms with van der Waals surface area (Å²) in [4.78, 5) is 13.3. The number of nitrogens with zero attached hydrogens (tertiary/aromatic N) is 6. The Morgan fingerprint density at radius 3 is 2.65 bits per heavy atom. The van der Waals surface area contributed by atoms with Crippen LogP contribution in [0, 0.1) is 6.92 Å². The lowest BCUT2D eigenvalue weighted by molar-refractivity contribution is -0.138. The summed E-state index contributed by atoms with van der Waals surface area (Å²) < 4.78 is 49.5. The van der Waals surface area contributed by atoms with E-state index in [-0.39, 0.29) is 5.56 Å². The molecule has 0 fully saturated rings. The first-order valence-corrected chi connectivity index (χ1v) is 10.7. The minimum atomic E-state index is -4.42. The summed E-state index contributed by atoms with van der Waals surface area (Å²) >= 11 is 0. The summed E-state index contributed by atoms with van der Waals surface area (Å²) in [5.41, 5.74) is 1.87. The number of aromatic nitrogens is 6. The maximum Gasteiger partial charge on any atom is 0.416 e. The molecule has 0 amide bonds. The number of fused-ring (bicyclic) bond motifs is 1. The van der Waals surface area contributed by atoms with Crippen molar-refractivity contribution in [1.29, 1.82) is 0 Å². The number of methoxy groups -OCH3 is 1. The van der Waals surface area contributed by atoms with Crippen molar-refractivity contribution in [2.75, 3.05) is 7.11 Å². The molecule has 4 aromatic rings. The van der Waals surface area contributed by atoms with Crippen molar-refractivity contribution in [3.63, 3.8) is 0 Å². The molecular formula is C24H21F3N6O. The molecule has 0 saturated carbocycles. The highest BCUT2D eigenvalue weighted by atomic mass is 19.4. The fraction of sp³-hybridized carbons (Fsp3) is 0.250. The lowest BCUT2D eigenvalue weighted by Crippen LogP contribution is -2.12. The Balaban J connectivity index is 1.41. The van der Waals surface area contributed by atoms with E-state index in [0.29, 0.717) is 36.2 Å². The second kappa shape index (κ2) is 8.44. The van der Waals surface area contributed by atoms with E-state index in [0.717, 1.165) is 17.4 Å². The van der Waals surface area contributed by atoms with Gasteiger partial charge in [-0.3, -0.25) is 0 Å². The number of aryl methyl sites for hydroxylation is 2. The van der Waals surface area contributed by atoms with Crippen LogP contribution in [0.4, 0.5) is 13.2 Å². The van der Waals surface area contributed by atoms with Crippen molar-refractivity contribution in [2.24, 2.45) is 0 Å². The molecule has 1 aliphatic rings. The predicted octanol–water partition coefficient (Wildman–Crippen LogP) is 4.90. The molecular weight excluding hydrogens is 445 g/mol. The molecule has 5 rings (SSSR count). The van der Waals surface area contributed by atoms with Crippen LogP contribution in [0.5, 0.6) is 5.88 Å². The first-order chi connectivity index (χ1) is 16.3. The van der Waals surface area contributed by atoms with Gasteiger partial charge in [0.25, 0.3) is 0 Å². The number of alkyl halides is 3. The molecule has 0 aliphatic carbocycles. The summed E-state index contributed by atoms with van der Waals surface area (Å²) in [6.45, 7) is 2.41. The Labute approximate surface area is 193 Å². The fourth-order valence-corrected chi connectivity index (χ4v) is 4.20. The minimum Gasteiger partial charge on any atom is -0.479 e. The molecule has 10 heteroatoms. The van der Waals surface area contributed by atoms with Gasteiger partial charge in [0.05, 0.1) is 30.4 Å². The molecule has 1 atom stereocenters. The van der Waals surface area contributed by atoms with Crippen LogP contribution in [0.2, 0.25) is 0 Å².